The second kappa shape index (κ2) is 52.9. The van der Waals surface area contributed by atoms with Gasteiger partial charge in [0.05, 0.1) is 63.9 Å². The van der Waals surface area contributed by atoms with Gasteiger partial charge in [0.1, 0.15) is 0 Å². The lowest BCUT2D eigenvalue weighted by atomic mass is 9.92. The zero-order chi connectivity index (χ0) is 72.8. The number of fused-ring (bicyclic) bond motifs is 5. The van der Waals surface area contributed by atoms with E-state index < -0.39 is 0 Å². The van der Waals surface area contributed by atoms with Crippen LogP contribution in [-0.4, -0.2) is 72.3 Å². The topological polar surface area (TPSA) is 203 Å². The number of H-pyrrole nitrogens is 3. The van der Waals surface area contributed by atoms with Gasteiger partial charge in [-0.1, -0.05) is 257 Å². The minimum atomic E-state index is 0. The molecule has 0 atom stereocenters. The van der Waals surface area contributed by atoms with Crippen LogP contribution in [0, 0.1) is 13.8 Å². The highest BCUT2D eigenvalue weighted by Crippen LogP contribution is 2.29. The first-order chi connectivity index (χ1) is 47.9. The largest absolute Gasteiger partial charge is 0.376 e. The number of hydrogen-bond acceptors (Lipinski definition) is 13. The van der Waals surface area contributed by atoms with Crippen LogP contribution >= 0.6 is 11.3 Å². The third-order valence-corrected chi connectivity index (χ3v) is 17.9. The number of aryl methyl sites for hydroxylation is 4. The highest BCUT2D eigenvalue weighted by molar-refractivity contribution is 7.16. The van der Waals surface area contributed by atoms with E-state index in [1.807, 2.05) is 42.3 Å². The summed E-state index contributed by atoms with van der Waals surface area (Å²) in [5.74, 6) is 4.54. The molecule has 0 saturated carbocycles. The van der Waals surface area contributed by atoms with E-state index in [0.29, 0.717) is 53.3 Å². The molecule has 14 rings (SSSR count). The molecule has 108 heavy (non-hydrogen) atoms. The van der Waals surface area contributed by atoms with Gasteiger partial charge in [0.25, 0.3) is 5.56 Å². The summed E-state index contributed by atoms with van der Waals surface area (Å²) in [5, 5.41) is 28.1. The predicted octanol–water partition coefficient (Wildman–Crippen LogP) is 26.4. The number of aromatic amines is 3. The van der Waals surface area contributed by atoms with E-state index >= 15 is 0 Å². The van der Waals surface area contributed by atoms with Crippen molar-refractivity contribution in [1.29, 1.82) is 0 Å². The van der Waals surface area contributed by atoms with E-state index in [0.717, 1.165) is 66.3 Å². The second-order valence-corrected chi connectivity index (χ2v) is 29.0. The van der Waals surface area contributed by atoms with E-state index in [1.165, 1.54) is 88.7 Å². The third kappa shape index (κ3) is 32.1. The lowest BCUT2D eigenvalue weighted by Crippen LogP contribution is -2.15. The quantitative estimate of drug-likeness (QED) is 0.124. The fourth-order valence-electron chi connectivity index (χ4n) is 11.3. The number of aromatic nitrogens is 13. The van der Waals surface area contributed by atoms with Gasteiger partial charge in [0.15, 0.2) is 0 Å². The maximum Gasteiger partial charge on any atom is 0.251 e. The summed E-state index contributed by atoms with van der Waals surface area (Å²) in [6.45, 7) is 44.6. The number of ether oxygens (including phenoxy) is 1. The molecule has 8 aromatic heterocycles. The summed E-state index contributed by atoms with van der Waals surface area (Å²) in [6.07, 6.45) is 18.8. The van der Waals surface area contributed by atoms with Crippen molar-refractivity contribution in [2.75, 3.05) is 6.61 Å². The molecule has 0 amide bonds. The number of nitrogens with one attached hydrogen (secondary N) is 3. The summed E-state index contributed by atoms with van der Waals surface area (Å²) < 4.78 is 6.78. The van der Waals surface area contributed by atoms with Gasteiger partial charge >= 0.3 is 0 Å². The Morgan fingerprint density at radius 1 is 0.491 bits per heavy atom. The number of benzene rings is 4. The standard InChI is InChI=1S/2C13H15N.C12H16O.C11H15NO.C10H11NS.2C7H10N2.C6H10N2.C5H9N3.8CH4/c1-9(2)13-10(3)12-7-5-4-6-11(12)8-14-13;1-9(2)13-10(3)8-11-6-4-5-7-12(11)14-13;1-9(2)11-5-3-4-10-6-7-13-8-12(10)11;1-7(2)9-6-8-4-3-5-10(8)12-11(9)13;1-7(2)8-4-3-5-9-10(8)11-6-12-9;1-6(2)7-5-8-3-4-9-7;1-6(2)7-4-3-5-8-9-7;1-5(2)6-3-7-8-4-6;1-4(2)5-3-6-8-7-5;;;;;;;;/h2*4-9H,1-3H3;3-5,9H,6-8H2,1-2H3;6-7H,3-5H2,1-2H3,(H,12,13);3-7H,1-2H3;2*3-6H,1-2H3;3-5H,1-2H3,(H,7,8);3-4H,1-2H3,(H,6,7,8);8*1H4. The van der Waals surface area contributed by atoms with Crippen LogP contribution in [0.5, 0.6) is 0 Å². The van der Waals surface area contributed by atoms with Crippen molar-refractivity contribution in [3.8, 4) is 0 Å². The molecular formula is C92H143N13O2S. The highest BCUT2D eigenvalue weighted by atomic mass is 32.1. The molecule has 0 bridgehead atoms. The molecule has 9 heterocycles. The predicted molar refractivity (Wildman–Crippen MR) is 471 cm³/mol. The van der Waals surface area contributed by atoms with Crippen LogP contribution in [-0.2, 0) is 30.6 Å². The monoisotopic (exact) mass is 1490 g/mol. The van der Waals surface area contributed by atoms with Gasteiger partial charge in [-0.3, -0.25) is 29.8 Å². The maximum atomic E-state index is 11.6. The Morgan fingerprint density at radius 2 is 1.12 bits per heavy atom. The fraction of sp³-hybridized carbons (Fsp3) is 0.467. The van der Waals surface area contributed by atoms with E-state index in [9.17, 15) is 4.79 Å². The number of pyridine rings is 3. The molecule has 2 aliphatic rings. The summed E-state index contributed by atoms with van der Waals surface area (Å²) in [5.41, 5.74) is 22.9. The third-order valence-electron chi connectivity index (χ3n) is 17.2. The minimum absolute atomic E-state index is 0. The van der Waals surface area contributed by atoms with Gasteiger partial charge < -0.3 is 9.72 Å². The number of thiazole rings is 1. The number of nitrogens with zero attached hydrogens (tertiary/aromatic N) is 10. The molecule has 3 N–H and O–H groups in total. The SMILES string of the molecule is C.C.C.C.C.C.C.C.CC(C)c1cc2c([nH]c1=O)CCC2.CC(C)c1cccc2c1COCC2.CC(C)c1cccc2scnc12.CC(C)c1cccnn1.CC(C)c1cn[nH]c1.CC(C)c1cn[nH]n1.CC(C)c1cnccn1.Cc1c(C(C)C)ncc2ccccc12.Cc1cc2ccccc2nc1C(C)C. The fourth-order valence-corrected chi connectivity index (χ4v) is 12.0. The van der Waals surface area contributed by atoms with Crippen LogP contribution in [0.2, 0.25) is 0 Å². The van der Waals surface area contributed by atoms with Crippen LogP contribution in [0.4, 0.5) is 0 Å². The van der Waals surface area contributed by atoms with Gasteiger partial charge in [0, 0.05) is 70.6 Å². The normalized spacial score (nSPS) is 11.1. The van der Waals surface area contributed by atoms with Gasteiger partial charge in [-0.25, -0.2) is 4.98 Å². The van der Waals surface area contributed by atoms with Crippen LogP contribution in [0.25, 0.3) is 31.9 Å². The molecule has 4 aromatic carbocycles. The summed E-state index contributed by atoms with van der Waals surface area (Å²) in [7, 11) is 0. The van der Waals surface area contributed by atoms with Crippen LogP contribution in [0.15, 0.2) is 169 Å². The summed E-state index contributed by atoms with van der Waals surface area (Å²) >= 11 is 1.71. The Labute approximate surface area is 658 Å². The zero-order valence-electron chi connectivity index (χ0n) is 63.2. The second-order valence-electron chi connectivity index (χ2n) is 28.1. The molecule has 1 aliphatic heterocycles. The van der Waals surface area contributed by atoms with E-state index in [-0.39, 0.29) is 65.0 Å². The van der Waals surface area contributed by atoms with Crippen molar-refractivity contribution >= 4 is 43.2 Å². The zero-order valence-corrected chi connectivity index (χ0v) is 64.0. The Hall–Kier alpha value is -8.99. The first kappa shape index (κ1) is 103. The first-order valence-electron chi connectivity index (χ1n) is 35.7. The number of hydrogen-bond donors (Lipinski definition) is 3. The Balaban J connectivity index is -0.00000115. The van der Waals surface area contributed by atoms with Crippen LogP contribution in [0.3, 0.4) is 0 Å². The molecule has 0 saturated heterocycles. The van der Waals surface area contributed by atoms with Crippen LogP contribution < -0.4 is 5.56 Å². The first-order valence-corrected chi connectivity index (χ1v) is 36.6. The summed E-state index contributed by atoms with van der Waals surface area (Å²) in [4.78, 5) is 36.1. The molecule has 0 radical (unpaired) electrons. The lowest BCUT2D eigenvalue weighted by molar-refractivity contribution is 0.110. The van der Waals surface area contributed by atoms with Gasteiger partial charge in [-0.15, -0.1) is 11.3 Å². The number of rotatable bonds is 9. The Morgan fingerprint density at radius 3 is 1.65 bits per heavy atom. The van der Waals surface area contributed by atoms with Crippen LogP contribution in [0.1, 0.15) is 328 Å². The van der Waals surface area contributed by atoms with E-state index in [2.05, 4.69) is 295 Å². The van der Waals surface area contributed by atoms with Crippen molar-refractivity contribution in [2.24, 2.45) is 0 Å². The minimum Gasteiger partial charge on any atom is -0.376 e. The average molecular weight is 1500 g/mol. The number of para-hydroxylation sites is 2. The van der Waals surface area contributed by atoms with Gasteiger partial charge in [-0.2, -0.15) is 30.7 Å². The van der Waals surface area contributed by atoms with E-state index in [4.69, 9.17) is 4.74 Å². The molecule has 1 aliphatic carbocycles. The molecule has 0 spiro atoms. The van der Waals surface area contributed by atoms with Gasteiger partial charge in [-0.05, 0) is 179 Å². The lowest BCUT2D eigenvalue weighted by Gasteiger charge is -2.21. The van der Waals surface area contributed by atoms with Crippen molar-refractivity contribution < 1.29 is 4.74 Å². The molecule has 16 heteroatoms. The molecule has 15 nitrogen and oxygen atoms in total. The average Bonchev–Trinajstić information content (AvgIpc) is 0.936. The molecule has 12 aromatic rings. The van der Waals surface area contributed by atoms with Crippen molar-refractivity contribution in [1.82, 2.24) is 65.7 Å². The van der Waals surface area contributed by atoms with Crippen molar-refractivity contribution in [2.45, 2.75) is 283 Å². The highest BCUT2D eigenvalue weighted by Gasteiger charge is 2.17. The maximum absolute atomic E-state index is 11.6. The van der Waals surface area contributed by atoms with Gasteiger partial charge in [0.2, 0.25) is 0 Å². The Bertz CT molecular complexity index is 4260. The molecular weight excluding hydrogens is 1350 g/mol. The Kier molecular flexibility index (Phi) is 50.6. The van der Waals surface area contributed by atoms with Crippen molar-refractivity contribution in [3.63, 3.8) is 0 Å². The van der Waals surface area contributed by atoms with Crippen molar-refractivity contribution in [3.05, 3.63) is 259 Å². The smallest absolute Gasteiger partial charge is 0.251 e. The van der Waals surface area contributed by atoms with E-state index in [1.54, 1.807) is 42.3 Å². The molecule has 594 valence electrons. The summed E-state index contributed by atoms with van der Waals surface area (Å²) in [6, 6.07) is 37.9. The molecule has 0 unspecified atom stereocenters. The molecule has 0 fully saturated rings.